The van der Waals surface area contributed by atoms with E-state index in [9.17, 15) is 14.9 Å². The molecule has 2 rings (SSSR count). The van der Waals surface area contributed by atoms with E-state index in [1.807, 2.05) is 0 Å². The Labute approximate surface area is 136 Å². The van der Waals surface area contributed by atoms with Crippen molar-refractivity contribution in [3.05, 3.63) is 34.4 Å². The van der Waals surface area contributed by atoms with Crippen molar-refractivity contribution in [2.75, 3.05) is 31.6 Å². The second kappa shape index (κ2) is 6.54. The summed E-state index contributed by atoms with van der Waals surface area (Å²) in [6, 6.07) is 6.53. The molecule has 0 radical (unpaired) electrons. The molecule has 2 N–H and O–H groups in total. The quantitative estimate of drug-likeness (QED) is 0.672. The molecule has 1 heterocycles. The normalized spacial score (nSPS) is 20.2. The molecule has 1 aromatic carbocycles. The second-order valence-corrected chi connectivity index (χ2v) is 6.80. The zero-order valence-corrected chi connectivity index (χ0v) is 13.9. The first-order valence-corrected chi connectivity index (χ1v) is 7.70. The highest BCUT2D eigenvalue weighted by molar-refractivity contribution is 5.82. The summed E-state index contributed by atoms with van der Waals surface area (Å²) in [7, 11) is 1.70. The number of piperidine rings is 1. The van der Waals surface area contributed by atoms with Gasteiger partial charge in [0.1, 0.15) is 5.69 Å². The lowest BCUT2D eigenvalue weighted by Crippen LogP contribution is -2.55. The lowest BCUT2D eigenvalue weighted by Gasteiger charge is -2.43. The van der Waals surface area contributed by atoms with E-state index in [-0.39, 0.29) is 29.6 Å². The van der Waals surface area contributed by atoms with Gasteiger partial charge in [-0.3, -0.25) is 14.9 Å². The first-order valence-electron chi connectivity index (χ1n) is 7.70. The first kappa shape index (κ1) is 17.2. The van der Waals surface area contributed by atoms with E-state index in [0.717, 1.165) is 6.42 Å². The van der Waals surface area contributed by atoms with Crippen LogP contribution in [-0.2, 0) is 4.79 Å². The van der Waals surface area contributed by atoms with Gasteiger partial charge in [-0.2, -0.15) is 0 Å². The van der Waals surface area contributed by atoms with Crippen LogP contribution < -0.4 is 10.6 Å². The molecule has 1 unspecified atom stereocenters. The van der Waals surface area contributed by atoms with Crippen molar-refractivity contribution >= 4 is 17.3 Å². The molecule has 1 fully saturated rings. The lowest BCUT2D eigenvalue weighted by molar-refractivity contribution is -0.384. The number of para-hydroxylation sites is 2. The minimum atomic E-state index is -0.431. The van der Waals surface area contributed by atoms with Gasteiger partial charge in [0, 0.05) is 32.2 Å². The maximum Gasteiger partial charge on any atom is 0.292 e. The van der Waals surface area contributed by atoms with E-state index in [1.54, 1.807) is 35.0 Å². The Morgan fingerprint density at radius 3 is 2.74 bits per heavy atom. The van der Waals surface area contributed by atoms with Crippen LogP contribution in [0.15, 0.2) is 24.3 Å². The van der Waals surface area contributed by atoms with Crippen LogP contribution in [0.2, 0.25) is 0 Å². The van der Waals surface area contributed by atoms with Crippen LogP contribution in [0, 0.1) is 15.5 Å². The maximum atomic E-state index is 12.5. The van der Waals surface area contributed by atoms with E-state index in [1.165, 1.54) is 6.07 Å². The van der Waals surface area contributed by atoms with E-state index in [4.69, 9.17) is 5.73 Å². The number of amides is 1. The van der Waals surface area contributed by atoms with Crippen molar-refractivity contribution < 1.29 is 9.72 Å². The summed E-state index contributed by atoms with van der Waals surface area (Å²) in [4.78, 5) is 26.6. The van der Waals surface area contributed by atoms with Gasteiger partial charge in [0.2, 0.25) is 5.91 Å². The molecule has 7 nitrogen and oxygen atoms in total. The largest absolute Gasteiger partial charge is 0.360 e. The van der Waals surface area contributed by atoms with Gasteiger partial charge in [0.25, 0.3) is 5.69 Å². The van der Waals surface area contributed by atoms with Crippen LogP contribution in [0.25, 0.3) is 0 Å². The zero-order chi connectivity index (χ0) is 17.2. The summed E-state index contributed by atoms with van der Waals surface area (Å²) in [5.74, 6) is -0.0365. The van der Waals surface area contributed by atoms with Gasteiger partial charge in [0.15, 0.2) is 0 Å². The number of carbonyl (C=O) groups excluding carboxylic acids is 1. The number of hydrogen-bond acceptors (Lipinski definition) is 5. The van der Waals surface area contributed by atoms with Crippen LogP contribution in [-0.4, -0.2) is 48.5 Å². The van der Waals surface area contributed by atoms with E-state index >= 15 is 0 Å². The van der Waals surface area contributed by atoms with Crippen molar-refractivity contribution in [1.82, 2.24) is 4.90 Å². The van der Waals surface area contributed by atoms with Gasteiger partial charge in [-0.25, -0.2) is 0 Å². The van der Waals surface area contributed by atoms with Crippen LogP contribution >= 0.6 is 0 Å². The molecule has 0 aliphatic carbocycles. The van der Waals surface area contributed by atoms with Crippen molar-refractivity contribution in [2.45, 2.75) is 26.3 Å². The summed E-state index contributed by atoms with van der Waals surface area (Å²) in [6.07, 6.45) is 0.772. The van der Waals surface area contributed by atoms with Gasteiger partial charge < -0.3 is 15.5 Å². The number of benzene rings is 1. The fourth-order valence-electron chi connectivity index (χ4n) is 2.92. The molecule has 0 aromatic heterocycles. The van der Waals surface area contributed by atoms with Gasteiger partial charge >= 0.3 is 0 Å². The van der Waals surface area contributed by atoms with Crippen molar-refractivity contribution in [2.24, 2.45) is 11.1 Å². The summed E-state index contributed by atoms with van der Waals surface area (Å²) < 4.78 is 0. The van der Waals surface area contributed by atoms with Gasteiger partial charge in [-0.05, 0) is 17.9 Å². The SMILES string of the molecule is CN(CC(=O)N1CCC(N)C(C)(C)C1)c1ccccc1[N+](=O)[O-]. The number of likely N-dealkylation sites (N-methyl/N-ethyl adjacent to an activating group) is 1. The number of rotatable bonds is 4. The number of likely N-dealkylation sites (tertiary alicyclic amines) is 1. The fourth-order valence-corrected chi connectivity index (χ4v) is 2.92. The summed E-state index contributed by atoms with van der Waals surface area (Å²) >= 11 is 0. The molecular weight excluding hydrogens is 296 g/mol. The Balaban J connectivity index is 2.07. The molecule has 7 heteroatoms. The Morgan fingerprint density at radius 2 is 2.13 bits per heavy atom. The number of nitro groups is 1. The van der Waals surface area contributed by atoms with E-state index < -0.39 is 4.92 Å². The van der Waals surface area contributed by atoms with Crippen molar-refractivity contribution in [3.63, 3.8) is 0 Å². The average Bonchev–Trinajstić information content (AvgIpc) is 2.49. The van der Waals surface area contributed by atoms with Crippen molar-refractivity contribution in [1.29, 1.82) is 0 Å². The third-order valence-electron chi connectivity index (χ3n) is 4.53. The summed E-state index contributed by atoms with van der Waals surface area (Å²) in [5.41, 5.74) is 6.42. The van der Waals surface area contributed by atoms with Gasteiger partial charge in [-0.1, -0.05) is 26.0 Å². The highest BCUT2D eigenvalue weighted by Gasteiger charge is 2.35. The molecule has 23 heavy (non-hydrogen) atoms. The maximum absolute atomic E-state index is 12.5. The van der Waals surface area contributed by atoms with Crippen LogP contribution in [0.4, 0.5) is 11.4 Å². The summed E-state index contributed by atoms with van der Waals surface area (Å²) in [5, 5.41) is 11.1. The Hall–Kier alpha value is -2.15. The average molecular weight is 320 g/mol. The number of carbonyl (C=O) groups is 1. The molecule has 1 amide bonds. The van der Waals surface area contributed by atoms with Gasteiger partial charge in [0.05, 0.1) is 11.5 Å². The number of nitrogens with zero attached hydrogens (tertiary/aromatic N) is 3. The number of nitro benzene ring substituents is 1. The minimum absolute atomic E-state index is 0.00352. The van der Waals surface area contributed by atoms with Crippen LogP contribution in [0.1, 0.15) is 20.3 Å². The smallest absolute Gasteiger partial charge is 0.292 e. The van der Waals surface area contributed by atoms with Crippen LogP contribution in [0.3, 0.4) is 0 Å². The Bertz CT molecular complexity index is 603. The number of nitrogens with two attached hydrogens (primary N) is 1. The minimum Gasteiger partial charge on any atom is -0.360 e. The van der Waals surface area contributed by atoms with E-state index in [0.29, 0.717) is 18.8 Å². The first-order chi connectivity index (χ1) is 10.7. The molecule has 0 saturated carbocycles. The Morgan fingerprint density at radius 1 is 1.48 bits per heavy atom. The monoisotopic (exact) mass is 320 g/mol. The Kier molecular flexibility index (Phi) is 4.89. The zero-order valence-electron chi connectivity index (χ0n) is 13.9. The molecule has 1 aromatic rings. The molecule has 1 saturated heterocycles. The molecule has 0 bridgehead atoms. The fraction of sp³-hybridized carbons (Fsp3) is 0.562. The predicted octanol–water partition coefficient (Wildman–Crippen LogP) is 1.62. The molecule has 126 valence electrons. The van der Waals surface area contributed by atoms with Crippen molar-refractivity contribution in [3.8, 4) is 0 Å². The number of hydrogen-bond donors (Lipinski definition) is 1. The third kappa shape index (κ3) is 3.79. The molecular formula is C16H24N4O3. The topological polar surface area (TPSA) is 92.7 Å². The van der Waals surface area contributed by atoms with Crippen LogP contribution in [0.5, 0.6) is 0 Å². The molecule has 1 aliphatic heterocycles. The third-order valence-corrected chi connectivity index (χ3v) is 4.53. The summed E-state index contributed by atoms with van der Waals surface area (Å²) in [6.45, 7) is 5.47. The molecule has 1 aliphatic rings. The standard InChI is InChI=1S/C16H24N4O3/c1-16(2)11-19(9-8-14(16)17)15(21)10-18(3)12-6-4-5-7-13(12)20(22)23/h4-7,14H,8-11,17H2,1-3H3. The van der Waals surface area contributed by atoms with Gasteiger partial charge in [-0.15, -0.1) is 0 Å². The van der Waals surface area contributed by atoms with E-state index in [2.05, 4.69) is 13.8 Å². The number of anilines is 1. The highest BCUT2D eigenvalue weighted by atomic mass is 16.6. The highest BCUT2D eigenvalue weighted by Crippen LogP contribution is 2.29. The molecule has 1 atom stereocenters. The lowest BCUT2D eigenvalue weighted by atomic mass is 9.79. The predicted molar refractivity (Wildman–Crippen MR) is 89.3 cm³/mol. The molecule has 0 spiro atoms. The second-order valence-electron chi connectivity index (χ2n) is 6.80.